The molecule has 3 rings (SSSR count). The van der Waals surface area contributed by atoms with Crippen molar-refractivity contribution >= 4 is 40.5 Å². The van der Waals surface area contributed by atoms with Gasteiger partial charge in [-0.25, -0.2) is 4.79 Å². The van der Waals surface area contributed by atoms with E-state index < -0.39 is 17.9 Å². The Morgan fingerprint density at radius 1 is 0.833 bits per heavy atom. The lowest BCUT2D eigenvalue weighted by molar-refractivity contribution is -0.141. The van der Waals surface area contributed by atoms with Crippen molar-refractivity contribution in [3.05, 3.63) is 95.6 Å². The van der Waals surface area contributed by atoms with Crippen molar-refractivity contribution in [2.24, 2.45) is 5.92 Å². The van der Waals surface area contributed by atoms with Gasteiger partial charge < -0.3 is 10.4 Å². The van der Waals surface area contributed by atoms with Crippen molar-refractivity contribution in [3.63, 3.8) is 0 Å². The molecule has 1 amide bonds. The zero-order valence-corrected chi connectivity index (χ0v) is 22.1. The van der Waals surface area contributed by atoms with Crippen LogP contribution < -0.4 is 5.32 Å². The van der Waals surface area contributed by atoms with Crippen molar-refractivity contribution in [3.8, 4) is 11.1 Å². The number of benzene rings is 3. The van der Waals surface area contributed by atoms with Gasteiger partial charge >= 0.3 is 5.97 Å². The summed E-state index contributed by atoms with van der Waals surface area (Å²) in [6.45, 7) is 3.49. The van der Waals surface area contributed by atoms with Crippen LogP contribution in [0.25, 0.3) is 11.1 Å². The highest BCUT2D eigenvalue weighted by Crippen LogP contribution is 2.22. The standard InChI is InChI=1S/C29H31NO4S2/c1-20-8-10-23(11-9-20)17-35-19-27(29(33)34)30-28(32)26(18-36-21(2)31)16-22-12-14-25(15-13-22)24-6-4-3-5-7-24/h3-15,26-27H,16-19H2,1-2H3,(H,30,32)(H,33,34)/t26-,27+/m1/s1. The second kappa shape index (κ2) is 13.9. The molecule has 0 aliphatic heterocycles. The van der Waals surface area contributed by atoms with Gasteiger partial charge in [0.25, 0.3) is 0 Å². The predicted molar refractivity (Wildman–Crippen MR) is 149 cm³/mol. The highest BCUT2D eigenvalue weighted by Gasteiger charge is 2.26. The summed E-state index contributed by atoms with van der Waals surface area (Å²) in [4.78, 5) is 36.6. The fourth-order valence-electron chi connectivity index (χ4n) is 3.64. The molecule has 3 aromatic rings. The molecule has 0 fully saturated rings. The van der Waals surface area contributed by atoms with Crippen LogP contribution in [0.2, 0.25) is 0 Å². The Balaban J connectivity index is 1.63. The lowest BCUT2D eigenvalue weighted by Crippen LogP contribution is -2.46. The van der Waals surface area contributed by atoms with Crippen LogP contribution in [0, 0.1) is 12.8 Å². The number of aliphatic carboxylic acids is 1. The molecule has 2 N–H and O–H groups in total. The quantitative estimate of drug-likeness (QED) is 0.323. The normalized spacial score (nSPS) is 12.5. The van der Waals surface area contributed by atoms with Gasteiger partial charge in [-0.3, -0.25) is 9.59 Å². The minimum absolute atomic E-state index is 0.0735. The number of nitrogens with one attached hydrogen (secondary N) is 1. The summed E-state index contributed by atoms with van der Waals surface area (Å²) in [6, 6.07) is 25.1. The third-order valence-corrected chi connectivity index (χ3v) is 7.77. The molecule has 0 saturated carbocycles. The number of carboxylic acids is 1. The molecule has 0 spiro atoms. The second-order valence-corrected chi connectivity index (χ2v) is 10.9. The van der Waals surface area contributed by atoms with E-state index in [1.165, 1.54) is 24.2 Å². The first-order valence-corrected chi connectivity index (χ1v) is 13.9. The van der Waals surface area contributed by atoms with E-state index in [-0.39, 0.29) is 16.8 Å². The average molecular weight is 522 g/mol. The van der Waals surface area contributed by atoms with E-state index in [2.05, 4.69) is 5.32 Å². The molecule has 0 aliphatic rings. The van der Waals surface area contributed by atoms with Crippen molar-refractivity contribution in [1.29, 1.82) is 0 Å². The molecule has 0 aliphatic carbocycles. The Morgan fingerprint density at radius 2 is 1.44 bits per heavy atom. The fraction of sp³-hybridized carbons (Fsp3) is 0.276. The van der Waals surface area contributed by atoms with E-state index >= 15 is 0 Å². The summed E-state index contributed by atoms with van der Waals surface area (Å²) >= 11 is 2.56. The van der Waals surface area contributed by atoms with Gasteiger partial charge in [0, 0.05) is 24.2 Å². The maximum Gasteiger partial charge on any atom is 0.327 e. The van der Waals surface area contributed by atoms with Crippen molar-refractivity contribution in [2.75, 3.05) is 11.5 Å². The van der Waals surface area contributed by atoms with Gasteiger partial charge in [0.15, 0.2) is 5.12 Å². The fourth-order valence-corrected chi connectivity index (χ4v) is 5.35. The number of aryl methyl sites for hydroxylation is 1. The van der Waals surface area contributed by atoms with Gasteiger partial charge in [-0.05, 0) is 35.6 Å². The molecule has 3 aromatic carbocycles. The van der Waals surface area contributed by atoms with Crippen molar-refractivity contribution in [1.82, 2.24) is 5.32 Å². The smallest absolute Gasteiger partial charge is 0.327 e. The Bertz CT molecular complexity index is 1150. The van der Waals surface area contributed by atoms with E-state index in [9.17, 15) is 19.5 Å². The van der Waals surface area contributed by atoms with Gasteiger partial charge in [0.2, 0.25) is 5.91 Å². The molecule has 7 heteroatoms. The van der Waals surface area contributed by atoms with Crippen LogP contribution in [-0.4, -0.2) is 39.6 Å². The first kappa shape index (κ1) is 27.6. The number of hydrogen-bond acceptors (Lipinski definition) is 5. The van der Waals surface area contributed by atoms with E-state index in [1.54, 1.807) is 0 Å². The highest BCUT2D eigenvalue weighted by atomic mass is 32.2. The van der Waals surface area contributed by atoms with Crippen LogP contribution >= 0.6 is 23.5 Å². The van der Waals surface area contributed by atoms with Gasteiger partial charge in [0.05, 0.1) is 5.92 Å². The van der Waals surface area contributed by atoms with Gasteiger partial charge in [-0.15, -0.1) is 0 Å². The minimum atomic E-state index is -1.06. The van der Waals surface area contributed by atoms with Gasteiger partial charge in [-0.2, -0.15) is 11.8 Å². The third-order valence-electron chi connectivity index (χ3n) is 5.69. The molecule has 0 bridgehead atoms. The molecular weight excluding hydrogens is 490 g/mol. The Hall–Kier alpha value is -3.03. The largest absolute Gasteiger partial charge is 0.480 e. The first-order chi connectivity index (χ1) is 17.3. The van der Waals surface area contributed by atoms with Crippen LogP contribution in [0.1, 0.15) is 23.6 Å². The molecular formula is C29H31NO4S2. The molecule has 0 radical (unpaired) electrons. The van der Waals surface area contributed by atoms with E-state index in [1.807, 2.05) is 85.8 Å². The number of amides is 1. The van der Waals surface area contributed by atoms with Crippen LogP contribution in [0.4, 0.5) is 0 Å². The summed E-state index contributed by atoms with van der Waals surface area (Å²) in [7, 11) is 0. The number of hydrogen-bond donors (Lipinski definition) is 2. The molecule has 0 aromatic heterocycles. The number of carbonyl (C=O) groups excluding carboxylic acids is 2. The zero-order chi connectivity index (χ0) is 25.9. The lowest BCUT2D eigenvalue weighted by Gasteiger charge is -2.20. The van der Waals surface area contributed by atoms with E-state index in [4.69, 9.17) is 0 Å². The highest BCUT2D eigenvalue weighted by molar-refractivity contribution is 8.13. The predicted octanol–water partition coefficient (Wildman–Crippen LogP) is 5.60. The summed E-state index contributed by atoms with van der Waals surface area (Å²) < 4.78 is 0. The number of carbonyl (C=O) groups is 3. The van der Waals surface area contributed by atoms with Crippen LogP contribution in [-0.2, 0) is 26.6 Å². The molecule has 5 nitrogen and oxygen atoms in total. The SMILES string of the molecule is CC(=O)SC[C@@H](Cc1ccc(-c2ccccc2)cc1)C(=O)N[C@@H](CSCc1ccc(C)cc1)C(=O)O. The van der Waals surface area contributed by atoms with Crippen molar-refractivity contribution in [2.45, 2.75) is 32.1 Å². The molecule has 0 unspecified atom stereocenters. The number of rotatable bonds is 12. The van der Waals surface area contributed by atoms with Gasteiger partial charge in [-0.1, -0.05) is 96.2 Å². The van der Waals surface area contributed by atoms with Crippen LogP contribution in [0.15, 0.2) is 78.9 Å². The summed E-state index contributed by atoms with van der Waals surface area (Å²) in [5, 5.41) is 12.3. The van der Waals surface area contributed by atoms with Crippen molar-refractivity contribution < 1.29 is 19.5 Å². The third kappa shape index (κ3) is 8.88. The summed E-state index contributed by atoms with van der Waals surface area (Å²) in [5.41, 5.74) is 5.42. The van der Waals surface area contributed by atoms with Crippen LogP contribution in [0.3, 0.4) is 0 Å². The number of thioether (sulfide) groups is 2. The topological polar surface area (TPSA) is 83.5 Å². The molecule has 188 valence electrons. The van der Waals surface area contributed by atoms with E-state index in [0.717, 1.165) is 34.0 Å². The summed E-state index contributed by atoms with van der Waals surface area (Å²) in [6.07, 6.45) is 0.421. The second-order valence-electron chi connectivity index (χ2n) is 8.67. The monoisotopic (exact) mass is 521 g/mol. The Morgan fingerprint density at radius 3 is 2.06 bits per heavy atom. The first-order valence-electron chi connectivity index (χ1n) is 11.8. The maximum atomic E-state index is 13.1. The lowest BCUT2D eigenvalue weighted by atomic mass is 9.97. The Kier molecular flexibility index (Phi) is 10.6. The summed E-state index contributed by atoms with van der Waals surface area (Å²) in [5.74, 6) is -0.718. The molecule has 36 heavy (non-hydrogen) atoms. The molecule has 2 atom stereocenters. The maximum absolute atomic E-state index is 13.1. The Labute approximate surface area is 221 Å². The molecule has 0 heterocycles. The van der Waals surface area contributed by atoms with E-state index in [0.29, 0.717) is 17.9 Å². The van der Waals surface area contributed by atoms with Gasteiger partial charge in [0.1, 0.15) is 6.04 Å². The number of carboxylic acid groups (broad SMARTS) is 1. The molecule has 0 saturated heterocycles. The average Bonchev–Trinajstić information content (AvgIpc) is 2.87. The van der Waals surface area contributed by atoms with Crippen LogP contribution in [0.5, 0.6) is 0 Å². The minimum Gasteiger partial charge on any atom is -0.480 e. The zero-order valence-electron chi connectivity index (χ0n) is 20.5.